The number of hydrogen-bond donors (Lipinski definition) is 0. The molecule has 2 atom stereocenters. The monoisotopic (exact) mass is 483 g/mol. The van der Waals surface area contributed by atoms with Crippen LogP contribution in [0.15, 0.2) is 4.60 Å². The highest BCUT2D eigenvalue weighted by atomic mass is 79.9. The lowest BCUT2D eigenvalue weighted by atomic mass is 10.2. The second-order valence-corrected chi connectivity index (χ2v) is 10.2. The molecule has 0 N–H and O–H groups in total. The maximum atomic E-state index is 12.7. The third kappa shape index (κ3) is 5.45. The Bertz CT molecular complexity index is 862. The molecule has 1 aliphatic rings. The van der Waals surface area contributed by atoms with Crippen LogP contribution in [-0.4, -0.2) is 57.7 Å². The summed E-state index contributed by atoms with van der Waals surface area (Å²) >= 11 is 3.31. The number of carbonyl (C=O) groups excluding carboxylic acids is 2. The lowest BCUT2D eigenvalue weighted by Gasteiger charge is -2.27. The van der Waals surface area contributed by atoms with Gasteiger partial charge in [-0.05, 0) is 70.8 Å². The van der Waals surface area contributed by atoms with Crippen LogP contribution in [0, 0.1) is 11.3 Å². The number of nitrogens with zero attached hydrogens (tertiary/aromatic N) is 5. The number of rotatable bonds is 2. The summed E-state index contributed by atoms with van der Waals surface area (Å²) in [6, 6.07) is 1.78. The number of anilines is 1. The molecule has 1 aromatic heterocycles. The molecule has 1 aliphatic heterocycles. The highest BCUT2D eigenvalue weighted by Crippen LogP contribution is 2.36. The van der Waals surface area contributed by atoms with Gasteiger partial charge in [-0.2, -0.15) is 10.4 Å². The second kappa shape index (κ2) is 8.46. The molecule has 0 bridgehead atoms. The predicted octanol–water partition coefficient (Wildman–Crippen LogP) is 4.46. The van der Waals surface area contributed by atoms with E-state index in [9.17, 15) is 14.9 Å². The molecule has 166 valence electrons. The first-order valence-corrected chi connectivity index (χ1v) is 10.6. The number of carbonyl (C=O) groups is 2. The molecular weight excluding hydrogens is 454 g/mol. The maximum absolute atomic E-state index is 12.7. The number of hydrogen-bond acceptors (Lipinski definition) is 6. The highest BCUT2D eigenvalue weighted by Gasteiger charge is 2.39. The Labute approximate surface area is 186 Å². The summed E-state index contributed by atoms with van der Waals surface area (Å²) in [4.78, 5) is 28.2. The van der Waals surface area contributed by atoms with Crippen molar-refractivity contribution >= 4 is 33.9 Å². The van der Waals surface area contributed by atoms with Crippen LogP contribution >= 0.6 is 15.9 Å². The molecule has 1 saturated heterocycles. The summed E-state index contributed by atoms with van der Waals surface area (Å²) in [7, 11) is 1.54. The fourth-order valence-corrected chi connectivity index (χ4v) is 3.68. The first-order valence-electron chi connectivity index (χ1n) is 9.79. The molecule has 0 radical (unpaired) electrons. The van der Waals surface area contributed by atoms with Crippen LogP contribution in [0.2, 0.25) is 0 Å². The minimum atomic E-state index is -0.685. The quantitative estimate of drug-likeness (QED) is 0.615. The largest absolute Gasteiger partial charge is 0.444 e. The molecule has 0 aliphatic carbocycles. The molecule has 2 heterocycles. The number of nitriles is 1. The first-order chi connectivity index (χ1) is 13.6. The normalized spacial score (nSPS) is 19.4. The fraction of sp³-hybridized carbons (Fsp3) is 0.700. The van der Waals surface area contributed by atoms with Crippen molar-refractivity contribution in [1.82, 2.24) is 14.7 Å². The van der Waals surface area contributed by atoms with Crippen molar-refractivity contribution < 1.29 is 19.1 Å². The summed E-state index contributed by atoms with van der Waals surface area (Å²) in [6.45, 7) is 13.1. The van der Waals surface area contributed by atoms with E-state index in [0.29, 0.717) is 23.4 Å². The smallest absolute Gasteiger partial charge is 0.415 e. The zero-order valence-electron chi connectivity index (χ0n) is 18.8. The summed E-state index contributed by atoms with van der Waals surface area (Å²) in [5.74, 6) is 0.321. The van der Waals surface area contributed by atoms with Crippen LogP contribution in [-0.2, 0) is 9.47 Å². The molecule has 0 aromatic carbocycles. The van der Waals surface area contributed by atoms with Crippen LogP contribution in [0.5, 0.6) is 0 Å². The number of ether oxygens (including phenoxy) is 2. The Kier molecular flexibility index (Phi) is 6.76. The highest BCUT2D eigenvalue weighted by molar-refractivity contribution is 9.10. The molecule has 2 rings (SSSR count). The van der Waals surface area contributed by atoms with E-state index in [1.165, 1.54) is 4.90 Å². The summed E-state index contributed by atoms with van der Waals surface area (Å²) < 4.78 is 12.9. The van der Waals surface area contributed by atoms with Gasteiger partial charge in [-0.25, -0.2) is 14.3 Å². The number of aromatic nitrogens is 2. The van der Waals surface area contributed by atoms with Crippen LogP contribution in [0.25, 0.3) is 0 Å². The van der Waals surface area contributed by atoms with E-state index < -0.39 is 23.4 Å². The van der Waals surface area contributed by atoms with E-state index in [2.05, 4.69) is 27.1 Å². The molecule has 1 fully saturated rings. The van der Waals surface area contributed by atoms with Crippen molar-refractivity contribution in [3.05, 3.63) is 10.2 Å². The van der Waals surface area contributed by atoms with Crippen molar-refractivity contribution in [1.29, 1.82) is 5.26 Å². The minimum Gasteiger partial charge on any atom is -0.444 e. The molecule has 1 aromatic rings. The number of halogens is 1. The fourth-order valence-electron chi connectivity index (χ4n) is 3.24. The van der Waals surface area contributed by atoms with E-state index in [1.54, 1.807) is 37.4 Å². The molecule has 0 spiro atoms. The SMILES string of the molecule is C[C@H]1C[C@H](n2nc(Br)c(C#N)c2N(C)C(=O)OC(C)(C)C)CN1C(=O)OC(C)(C)C. The summed E-state index contributed by atoms with van der Waals surface area (Å²) in [6.07, 6.45) is -0.387. The average molecular weight is 484 g/mol. The Balaban J connectivity index is 2.36. The summed E-state index contributed by atoms with van der Waals surface area (Å²) in [5, 5.41) is 14.1. The van der Waals surface area contributed by atoms with E-state index in [4.69, 9.17) is 9.47 Å². The number of amides is 2. The Morgan fingerprint density at radius 2 is 1.77 bits per heavy atom. The molecule has 9 nitrogen and oxygen atoms in total. The van der Waals surface area contributed by atoms with Gasteiger partial charge in [0.05, 0.1) is 6.04 Å². The predicted molar refractivity (Wildman–Crippen MR) is 115 cm³/mol. The molecule has 0 saturated carbocycles. The van der Waals surface area contributed by atoms with E-state index in [1.807, 2.05) is 27.7 Å². The molecular formula is C20H30BrN5O4. The topological polar surface area (TPSA) is 101 Å². The summed E-state index contributed by atoms with van der Waals surface area (Å²) in [5.41, 5.74) is -1.05. The van der Waals surface area contributed by atoms with Gasteiger partial charge in [0, 0.05) is 19.6 Å². The molecule has 2 amide bonds. The van der Waals surface area contributed by atoms with Gasteiger partial charge in [0.25, 0.3) is 0 Å². The van der Waals surface area contributed by atoms with Crippen molar-refractivity contribution in [2.75, 3.05) is 18.5 Å². The second-order valence-electron chi connectivity index (χ2n) is 9.46. The lowest BCUT2D eigenvalue weighted by molar-refractivity contribution is 0.0233. The van der Waals surface area contributed by atoms with Gasteiger partial charge in [0.2, 0.25) is 0 Å². The van der Waals surface area contributed by atoms with Crippen LogP contribution in [0.1, 0.15) is 66.5 Å². The van der Waals surface area contributed by atoms with Gasteiger partial charge in [0.15, 0.2) is 5.82 Å². The van der Waals surface area contributed by atoms with E-state index >= 15 is 0 Å². The number of likely N-dealkylation sites (tertiary alicyclic amines) is 1. The Morgan fingerprint density at radius 1 is 1.20 bits per heavy atom. The van der Waals surface area contributed by atoms with Crippen molar-refractivity contribution in [2.45, 2.75) is 78.2 Å². The van der Waals surface area contributed by atoms with Gasteiger partial charge in [-0.1, -0.05) is 0 Å². The first kappa shape index (κ1) is 24.0. The lowest BCUT2D eigenvalue weighted by Crippen LogP contribution is -2.39. The van der Waals surface area contributed by atoms with Gasteiger partial charge in [0.1, 0.15) is 27.4 Å². The van der Waals surface area contributed by atoms with Gasteiger partial charge < -0.3 is 14.4 Å². The van der Waals surface area contributed by atoms with E-state index in [-0.39, 0.29) is 17.6 Å². The van der Waals surface area contributed by atoms with E-state index in [0.717, 1.165) is 0 Å². The van der Waals surface area contributed by atoms with Gasteiger partial charge in [-0.15, -0.1) is 0 Å². The third-order valence-corrected chi connectivity index (χ3v) is 5.02. The van der Waals surface area contributed by atoms with Crippen molar-refractivity contribution in [3.8, 4) is 6.07 Å². The average Bonchev–Trinajstić information content (AvgIpc) is 3.10. The third-order valence-electron chi connectivity index (χ3n) is 4.47. The molecule has 10 heteroatoms. The zero-order valence-corrected chi connectivity index (χ0v) is 20.4. The van der Waals surface area contributed by atoms with Crippen molar-refractivity contribution in [2.24, 2.45) is 0 Å². The van der Waals surface area contributed by atoms with Gasteiger partial charge >= 0.3 is 12.2 Å². The van der Waals surface area contributed by atoms with Crippen LogP contribution < -0.4 is 4.90 Å². The molecule has 0 unspecified atom stereocenters. The Morgan fingerprint density at radius 3 is 2.27 bits per heavy atom. The van der Waals surface area contributed by atoms with Crippen molar-refractivity contribution in [3.63, 3.8) is 0 Å². The minimum absolute atomic E-state index is 0.0851. The van der Waals surface area contributed by atoms with Gasteiger partial charge in [-0.3, -0.25) is 4.90 Å². The zero-order chi connectivity index (χ0) is 23.0. The maximum Gasteiger partial charge on any atom is 0.415 e. The standard InChI is InChI=1S/C20H30BrN5O4/c1-12-9-13(11-25(12)18(28)30-20(5,6)7)26-16(14(10-22)15(21)23-26)24(8)17(27)29-19(2,3)4/h12-13H,9,11H2,1-8H3/t12-,13-/m0/s1. The Hall–Kier alpha value is -2.28. The van der Waals surface area contributed by atoms with Crippen LogP contribution in [0.3, 0.4) is 0 Å². The van der Waals surface area contributed by atoms with Crippen LogP contribution in [0.4, 0.5) is 15.4 Å². The molecule has 30 heavy (non-hydrogen) atoms.